The Morgan fingerprint density at radius 3 is 2.39 bits per heavy atom. The Kier molecular flexibility index (Phi) is 5.93. The number of aromatic nitrogens is 1. The first-order chi connectivity index (χ1) is 16.0. The number of ether oxygens (including phenoxy) is 1. The summed E-state index contributed by atoms with van der Waals surface area (Å²) in [5, 5.41) is 24.5. The van der Waals surface area contributed by atoms with Gasteiger partial charge < -0.3 is 25.3 Å². The molecule has 1 aliphatic rings. The van der Waals surface area contributed by atoms with E-state index in [0.29, 0.717) is 5.56 Å². The molecule has 2 unspecified atom stereocenters. The van der Waals surface area contributed by atoms with Gasteiger partial charge in [-0.3, -0.25) is 0 Å². The number of benzene rings is 3. The van der Waals surface area contributed by atoms with Gasteiger partial charge in [0.1, 0.15) is 18.8 Å². The van der Waals surface area contributed by atoms with E-state index in [9.17, 15) is 15.0 Å². The number of fused-ring (bicyclic) bond motifs is 4. The van der Waals surface area contributed by atoms with Gasteiger partial charge in [0.05, 0.1) is 0 Å². The van der Waals surface area contributed by atoms with Gasteiger partial charge in [0.25, 0.3) is 0 Å². The normalized spacial score (nSPS) is 14.5. The van der Waals surface area contributed by atoms with Crippen molar-refractivity contribution in [2.75, 3.05) is 13.2 Å². The summed E-state index contributed by atoms with van der Waals surface area (Å²) in [7, 11) is 0. The maximum Gasteiger partial charge on any atom is 0.407 e. The lowest BCUT2D eigenvalue weighted by molar-refractivity contribution is 0.0194. The molecular formula is C26H23BrN2O4. The van der Waals surface area contributed by atoms with Crippen LogP contribution in [-0.2, 0) is 4.74 Å². The van der Waals surface area contributed by atoms with Crippen LogP contribution in [0.3, 0.4) is 0 Å². The van der Waals surface area contributed by atoms with Gasteiger partial charge in [-0.05, 0) is 40.5 Å². The summed E-state index contributed by atoms with van der Waals surface area (Å²) in [6.45, 7) is 0.0491. The Morgan fingerprint density at radius 2 is 1.70 bits per heavy atom. The Hall–Kier alpha value is -3.13. The lowest BCUT2D eigenvalue weighted by Gasteiger charge is -2.19. The number of aliphatic hydroxyl groups excluding tert-OH is 2. The van der Waals surface area contributed by atoms with Gasteiger partial charge in [0.15, 0.2) is 0 Å². The van der Waals surface area contributed by atoms with E-state index >= 15 is 0 Å². The molecule has 1 amide bonds. The molecule has 0 saturated carbocycles. The molecule has 0 bridgehead atoms. The van der Waals surface area contributed by atoms with E-state index in [-0.39, 0.29) is 19.1 Å². The van der Waals surface area contributed by atoms with Crippen LogP contribution in [0.25, 0.3) is 22.0 Å². The van der Waals surface area contributed by atoms with Crippen molar-refractivity contribution < 1.29 is 19.7 Å². The van der Waals surface area contributed by atoms with E-state index in [0.717, 1.165) is 37.6 Å². The zero-order chi connectivity index (χ0) is 22.9. The van der Waals surface area contributed by atoms with Crippen molar-refractivity contribution in [1.29, 1.82) is 0 Å². The van der Waals surface area contributed by atoms with Gasteiger partial charge >= 0.3 is 6.09 Å². The predicted octanol–water partition coefficient (Wildman–Crippen LogP) is 4.86. The number of amides is 1. The number of nitrogens with one attached hydrogen (secondary N) is 2. The van der Waals surface area contributed by atoms with Crippen molar-refractivity contribution in [3.8, 4) is 11.1 Å². The third-order valence-corrected chi connectivity index (χ3v) is 6.65. The Bertz CT molecular complexity index is 1270. The Balaban J connectivity index is 1.20. The van der Waals surface area contributed by atoms with Crippen LogP contribution < -0.4 is 5.32 Å². The number of alkyl carbamates (subject to hydrolysis) is 1. The molecule has 0 spiro atoms. The minimum absolute atomic E-state index is 0.0386. The molecule has 0 radical (unpaired) electrons. The highest BCUT2D eigenvalue weighted by Crippen LogP contribution is 2.44. The summed E-state index contributed by atoms with van der Waals surface area (Å²) in [6.07, 6.45) is -1.33. The lowest BCUT2D eigenvalue weighted by atomic mass is 9.98. The predicted molar refractivity (Wildman–Crippen MR) is 130 cm³/mol. The number of carbonyl (C=O) groups excluding carboxylic acids is 1. The van der Waals surface area contributed by atoms with Crippen LogP contribution in [-0.4, -0.2) is 40.5 Å². The van der Waals surface area contributed by atoms with Crippen LogP contribution in [0.4, 0.5) is 4.79 Å². The van der Waals surface area contributed by atoms with Gasteiger partial charge in [0, 0.05) is 39.6 Å². The summed E-state index contributed by atoms with van der Waals surface area (Å²) >= 11 is 3.42. The van der Waals surface area contributed by atoms with Gasteiger partial charge in [-0.15, -0.1) is 0 Å². The van der Waals surface area contributed by atoms with Crippen LogP contribution in [0.2, 0.25) is 0 Å². The third-order valence-electron chi connectivity index (χ3n) is 6.16. The quantitative estimate of drug-likeness (QED) is 0.300. The van der Waals surface area contributed by atoms with Gasteiger partial charge in [-0.1, -0.05) is 64.5 Å². The fraction of sp³-hybridized carbons (Fsp3) is 0.192. The van der Waals surface area contributed by atoms with Crippen LogP contribution >= 0.6 is 15.9 Å². The third kappa shape index (κ3) is 4.15. The van der Waals surface area contributed by atoms with Crippen molar-refractivity contribution in [1.82, 2.24) is 10.3 Å². The van der Waals surface area contributed by atoms with Crippen molar-refractivity contribution >= 4 is 32.9 Å². The van der Waals surface area contributed by atoms with Gasteiger partial charge in [0.2, 0.25) is 0 Å². The molecule has 1 heterocycles. The molecule has 1 aromatic heterocycles. The zero-order valence-electron chi connectivity index (χ0n) is 17.7. The summed E-state index contributed by atoms with van der Waals surface area (Å²) in [5.74, 6) is -0.0386. The fourth-order valence-electron chi connectivity index (χ4n) is 4.52. The van der Waals surface area contributed by atoms with E-state index in [4.69, 9.17) is 4.74 Å². The van der Waals surface area contributed by atoms with Crippen LogP contribution in [0.15, 0.2) is 77.4 Å². The van der Waals surface area contributed by atoms with Crippen molar-refractivity contribution in [2.45, 2.75) is 18.1 Å². The van der Waals surface area contributed by atoms with E-state index in [1.165, 1.54) is 0 Å². The maximum absolute atomic E-state index is 12.4. The number of carbonyl (C=O) groups is 1. The maximum atomic E-state index is 12.4. The first-order valence-electron chi connectivity index (χ1n) is 10.7. The largest absolute Gasteiger partial charge is 0.449 e. The van der Waals surface area contributed by atoms with E-state index in [1.54, 1.807) is 6.20 Å². The molecule has 4 aromatic rings. The van der Waals surface area contributed by atoms with Crippen molar-refractivity contribution in [2.24, 2.45) is 0 Å². The first kappa shape index (κ1) is 21.7. The second-order valence-electron chi connectivity index (χ2n) is 8.15. The Morgan fingerprint density at radius 1 is 1.03 bits per heavy atom. The number of H-pyrrole nitrogens is 1. The Labute approximate surface area is 199 Å². The standard InChI is InChI=1S/C26H23BrN2O4/c27-15-9-10-23-20(11-15)21(12-28-23)25(31)24(30)13-29-26(32)33-14-22-18-7-3-1-5-16(18)17-6-2-4-8-19(17)22/h1-12,22,24-25,28,30-31H,13-14H2,(H,29,32). The second-order valence-corrected chi connectivity index (χ2v) is 9.07. The van der Waals surface area contributed by atoms with Crippen LogP contribution in [0, 0.1) is 0 Å². The number of aromatic amines is 1. The highest BCUT2D eigenvalue weighted by Gasteiger charge is 2.29. The second kappa shape index (κ2) is 9.02. The zero-order valence-corrected chi connectivity index (χ0v) is 19.2. The minimum atomic E-state index is -1.19. The highest BCUT2D eigenvalue weighted by atomic mass is 79.9. The average molecular weight is 507 g/mol. The molecule has 6 nitrogen and oxygen atoms in total. The van der Waals surface area contributed by atoms with Gasteiger partial charge in [-0.25, -0.2) is 4.79 Å². The number of hydrogen-bond acceptors (Lipinski definition) is 4. The van der Waals surface area contributed by atoms with Crippen molar-refractivity contribution in [3.63, 3.8) is 0 Å². The first-order valence-corrected chi connectivity index (χ1v) is 11.5. The number of rotatable bonds is 6. The van der Waals surface area contributed by atoms with Crippen LogP contribution in [0.5, 0.6) is 0 Å². The van der Waals surface area contributed by atoms with E-state index in [2.05, 4.69) is 50.5 Å². The molecule has 33 heavy (non-hydrogen) atoms. The molecule has 1 aliphatic carbocycles. The topological polar surface area (TPSA) is 94.6 Å². The summed E-state index contributed by atoms with van der Waals surface area (Å²) in [5.41, 5.74) is 5.99. The van der Waals surface area contributed by atoms with Crippen molar-refractivity contribution in [3.05, 3.63) is 94.1 Å². The SMILES string of the molecule is O=C(NCC(O)C(O)c1c[nH]c2ccc(Br)cc12)OCC1c2ccccc2-c2ccccc21. The summed E-state index contributed by atoms with van der Waals surface area (Å²) in [6, 6.07) is 21.9. The number of hydrogen-bond donors (Lipinski definition) is 4. The molecule has 3 aromatic carbocycles. The monoisotopic (exact) mass is 506 g/mol. The molecule has 0 aliphatic heterocycles. The lowest BCUT2D eigenvalue weighted by Crippen LogP contribution is -2.36. The summed E-state index contributed by atoms with van der Waals surface area (Å²) in [4.78, 5) is 15.4. The average Bonchev–Trinajstić information content (AvgIpc) is 3.39. The summed E-state index contributed by atoms with van der Waals surface area (Å²) < 4.78 is 6.36. The number of aliphatic hydroxyl groups is 2. The highest BCUT2D eigenvalue weighted by molar-refractivity contribution is 9.10. The van der Waals surface area contributed by atoms with E-state index in [1.807, 2.05) is 42.5 Å². The van der Waals surface area contributed by atoms with E-state index < -0.39 is 18.3 Å². The molecule has 0 fully saturated rings. The molecule has 4 N–H and O–H groups in total. The molecular weight excluding hydrogens is 484 g/mol. The number of halogens is 1. The fourth-order valence-corrected chi connectivity index (χ4v) is 4.88. The molecule has 168 valence electrons. The molecule has 5 rings (SSSR count). The molecule has 7 heteroatoms. The minimum Gasteiger partial charge on any atom is -0.449 e. The molecule has 2 atom stereocenters. The van der Waals surface area contributed by atoms with Crippen LogP contribution in [0.1, 0.15) is 28.7 Å². The smallest absolute Gasteiger partial charge is 0.407 e. The molecule has 0 saturated heterocycles. The van der Waals surface area contributed by atoms with Gasteiger partial charge in [-0.2, -0.15) is 0 Å².